The van der Waals surface area contributed by atoms with E-state index >= 15 is 0 Å². The van der Waals surface area contributed by atoms with Gasteiger partial charge in [-0.1, -0.05) is 39.0 Å². The SMILES string of the molecule is CCCCCCCCOC(=S)C(O)CO. The molecule has 0 heterocycles. The van der Waals surface area contributed by atoms with Gasteiger partial charge in [-0.25, -0.2) is 0 Å². The van der Waals surface area contributed by atoms with E-state index in [4.69, 9.17) is 27.2 Å². The van der Waals surface area contributed by atoms with Crippen molar-refractivity contribution in [1.82, 2.24) is 0 Å². The first-order chi connectivity index (χ1) is 7.22. The molecule has 0 bridgehead atoms. The fourth-order valence-electron chi connectivity index (χ4n) is 1.23. The first-order valence-electron chi connectivity index (χ1n) is 5.68. The van der Waals surface area contributed by atoms with E-state index in [0.29, 0.717) is 6.61 Å². The average molecular weight is 234 g/mol. The molecule has 0 saturated heterocycles. The molecule has 0 aromatic carbocycles. The number of aliphatic hydroxyl groups excluding tert-OH is 2. The first-order valence-corrected chi connectivity index (χ1v) is 6.08. The summed E-state index contributed by atoms with van der Waals surface area (Å²) in [5, 5.41) is 17.8. The van der Waals surface area contributed by atoms with E-state index in [1.165, 1.54) is 25.7 Å². The van der Waals surface area contributed by atoms with E-state index in [2.05, 4.69) is 6.92 Å². The summed E-state index contributed by atoms with van der Waals surface area (Å²) in [5.74, 6) is 0. The van der Waals surface area contributed by atoms with E-state index in [1.807, 2.05) is 0 Å². The minimum absolute atomic E-state index is 0.103. The van der Waals surface area contributed by atoms with Gasteiger partial charge < -0.3 is 14.9 Å². The summed E-state index contributed by atoms with van der Waals surface area (Å²) in [6.45, 7) is 2.37. The maximum Gasteiger partial charge on any atom is 0.190 e. The van der Waals surface area contributed by atoms with Gasteiger partial charge in [0.25, 0.3) is 0 Å². The third-order valence-electron chi connectivity index (χ3n) is 2.19. The van der Waals surface area contributed by atoms with E-state index in [-0.39, 0.29) is 11.7 Å². The molecular weight excluding hydrogens is 212 g/mol. The number of aliphatic hydroxyl groups is 2. The van der Waals surface area contributed by atoms with Crippen molar-refractivity contribution in [3.05, 3.63) is 0 Å². The van der Waals surface area contributed by atoms with Gasteiger partial charge in [0.15, 0.2) is 5.05 Å². The summed E-state index contributed by atoms with van der Waals surface area (Å²) in [7, 11) is 0. The summed E-state index contributed by atoms with van der Waals surface area (Å²) in [6.07, 6.45) is 6.14. The van der Waals surface area contributed by atoms with Gasteiger partial charge in [-0.05, 0) is 18.6 Å². The van der Waals surface area contributed by atoms with Gasteiger partial charge in [0.1, 0.15) is 6.10 Å². The highest BCUT2D eigenvalue weighted by atomic mass is 32.1. The van der Waals surface area contributed by atoms with Crippen LogP contribution in [0.2, 0.25) is 0 Å². The van der Waals surface area contributed by atoms with Crippen molar-refractivity contribution >= 4 is 17.3 Å². The Labute approximate surface area is 97.4 Å². The van der Waals surface area contributed by atoms with Crippen LogP contribution in [0.4, 0.5) is 0 Å². The Bertz CT molecular complexity index is 162. The molecule has 0 aromatic rings. The van der Waals surface area contributed by atoms with Crippen molar-refractivity contribution < 1.29 is 14.9 Å². The fourth-order valence-corrected chi connectivity index (χ4v) is 1.38. The molecule has 0 fully saturated rings. The fraction of sp³-hybridized carbons (Fsp3) is 0.909. The molecule has 0 rings (SSSR count). The maximum atomic E-state index is 9.08. The number of thiocarbonyl (C=S) groups is 1. The van der Waals surface area contributed by atoms with Crippen molar-refractivity contribution in [2.75, 3.05) is 13.2 Å². The van der Waals surface area contributed by atoms with Crippen LogP contribution in [0.1, 0.15) is 45.4 Å². The molecule has 1 unspecified atom stereocenters. The van der Waals surface area contributed by atoms with Crippen LogP contribution < -0.4 is 0 Å². The second kappa shape index (κ2) is 10.3. The van der Waals surface area contributed by atoms with Crippen LogP contribution >= 0.6 is 12.2 Å². The molecule has 0 radical (unpaired) electrons. The maximum absolute atomic E-state index is 9.08. The lowest BCUT2D eigenvalue weighted by Gasteiger charge is -2.10. The number of hydrogen-bond acceptors (Lipinski definition) is 4. The highest BCUT2D eigenvalue weighted by molar-refractivity contribution is 7.80. The normalized spacial score (nSPS) is 12.5. The molecule has 3 nitrogen and oxygen atoms in total. The first kappa shape index (κ1) is 14.8. The van der Waals surface area contributed by atoms with E-state index in [1.54, 1.807) is 0 Å². The molecule has 0 aliphatic rings. The molecule has 0 amide bonds. The molecule has 1 atom stereocenters. The third-order valence-corrected chi connectivity index (χ3v) is 2.58. The lowest BCUT2D eigenvalue weighted by atomic mass is 10.1. The van der Waals surface area contributed by atoms with Crippen molar-refractivity contribution in [2.45, 2.75) is 51.6 Å². The predicted octanol–water partition coefficient (Wildman–Crippen LogP) is 2.04. The molecular formula is C11H22O3S. The molecule has 4 heteroatoms. The summed E-state index contributed by atoms with van der Waals surface area (Å²) in [5.41, 5.74) is 0. The smallest absolute Gasteiger partial charge is 0.190 e. The topological polar surface area (TPSA) is 49.7 Å². The van der Waals surface area contributed by atoms with E-state index < -0.39 is 6.10 Å². The summed E-state index contributed by atoms with van der Waals surface area (Å²) in [4.78, 5) is 0. The molecule has 0 spiro atoms. The number of ether oxygens (including phenoxy) is 1. The zero-order valence-corrected chi connectivity index (χ0v) is 10.3. The minimum Gasteiger partial charge on any atom is -0.484 e. The lowest BCUT2D eigenvalue weighted by molar-refractivity contribution is 0.121. The van der Waals surface area contributed by atoms with Gasteiger partial charge >= 0.3 is 0 Å². The van der Waals surface area contributed by atoms with Crippen molar-refractivity contribution in [3.63, 3.8) is 0 Å². The van der Waals surface area contributed by atoms with Gasteiger partial charge in [0.2, 0.25) is 0 Å². The minimum atomic E-state index is -1.01. The second-order valence-corrected chi connectivity index (χ2v) is 4.04. The lowest BCUT2D eigenvalue weighted by Crippen LogP contribution is -2.25. The number of unbranched alkanes of at least 4 members (excludes halogenated alkanes) is 5. The largest absolute Gasteiger partial charge is 0.484 e. The standard InChI is InChI=1S/C11H22O3S/c1-2-3-4-5-6-7-8-14-11(15)10(13)9-12/h10,12-13H,2-9H2,1H3. The van der Waals surface area contributed by atoms with Crippen molar-refractivity contribution in [3.8, 4) is 0 Å². The van der Waals surface area contributed by atoms with Crippen LogP contribution in [0.5, 0.6) is 0 Å². The Morgan fingerprint density at radius 2 is 1.80 bits per heavy atom. The molecule has 0 aliphatic carbocycles. The highest BCUT2D eigenvalue weighted by Gasteiger charge is 2.09. The molecule has 0 aromatic heterocycles. The van der Waals surface area contributed by atoms with Crippen LogP contribution in [0.15, 0.2) is 0 Å². The molecule has 0 aliphatic heterocycles. The van der Waals surface area contributed by atoms with Crippen LogP contribution in [-0.2, 0) is 4.74 Å². The quantitative estimate of drug-likeness (QED) is 0.473. The van der Waals surface area contributed by atoms with Gasteiger partial charge in [0, 0.05) is 0 Å². The zero-order valence-electron chi connectivity index (χ0n) is 9.45. The zero-order chi connectivity index (χ0) is 11.5. The second-order valence-electron chi connectivity index (χ2n) is 3.63. The number of rotatable bonds is 9. The van der Waals surface area contributed by atoms with Gasteiger partial charge in [-0.2, -0.15) is 0 Å². The molecule has 90 valence electrons. The summed E-state index contributed by atoms with van der Waals surface area (Å²) < 4.78 is 5.12. The molecule has 0 saturated carbocycles. The summed E-state index contributed by atoms with van der Waals surface area (Å²) >= 11 is 4.76. The van der Waals surface area contributed by atoms with Gasteiger partial charge in [-0.15, -0.1) is 0 Å². The average Bonchev–Trinajstić information content (AvgIpc) is 2.26. The van der Waals surface area contributed by atoms with Gasteiger partial charge in [0.05, 0.1) is 13.2 Å². The van der Waals surface area contributed by atoms with Crippen LogP contribution in [0.25, 0.3) is 0 Å². The monoisotopic (exact) mass is 234 g/mol. The van der Waals surface area contributed by atoms with Crippen molar-refractivity contribution in [2.24, 2.45) is 0 Å². The molecule has 15 heavy (non-hydrogen) atoms. The van der Waals surface area contributed by atoms with Crippen LogP contribution in [0, 0.1) is 0 Å². The highest BCUT2D eigenvalue weighted by Crippen LogP contribution is 2.05. The summed E-state index contributed by atoms with van der Waals surface area (Å²) in [6, 6.07) is 0. The van der Waals surface area contributed by atoms with E-state index in [9.17, 15) is 0 Å². The Morgan fingerprint density at radius 3 is 2.40 bits per heavy atom. The number of hydrogen-bond donors (Lipinski definition) is 2. The Hall–Kier alpha value is -0.190. The Morgan fingerprint density at radius 1 is 1.20 bits per heavy atom. The van der Waals surface area contributed by atoms with Crippen LogP contribution in [0.3, 0.4) is 0 Å². The van der Waals surface area contributed by atoms with Crippen molar-refractivity contribution in [1.29, 1.82) is 0 Å². The van der Waals surface area contributed by atoms with Gasteiger partial charge in [-0.3, -0.25) is 0 Å². The third kappa shape index (κ3) is 8.78. The molecule has 2 N–H and O–H groups in total. The Balaban J connectivity index is 3.20. The Kier molecular flexibility index (Phi) is 10.2. The van der Waals surface area contributed by atoms with Crippen LogP contribution in [-0.4, -0.2) is 34.6 Å². The predicted molar refractivity (Wildman–Crippen MR) is 65.0 cm³/mol. The van der Waals surface area contributed by atoms with E-state index in [0.717, 1.165) is 12.8 Å².